The fourth-order valence-electron chi connectivity index (χ4n) is 7.47. The lowest BCUT2D eigenvalue weighted by atomic mass is 9.49. The van der Waals surface area contributed by atoms with Gasteiger partial charge in [-0.1, -0.05) is 18.6 Å². The van der Waals surface area contributed by atoms with E-state index in [0.29, 0.717) is 18.7 Å². The van der Waals surface area contributed by atoms with Crippen molar-refractivity contribution in [2.75, 3.05) is 0 Å². The number of nitrogens with one attached hydrogen (secondary N) is 2. The van der Waals surface area contributed by atoms with Gasteiger partial charge in [0.1, 0.15) is 5.82 Å². The van der Waals surface area contributed by atoms with Gasteiger partial charge in [0.25, 0.3) is 5.91 Å². The number of hydrogen-bond acceptors (Lipinski definition) is 4. The van der Waals surface area contributed by atoms with E-state index in [0.717, 1.165) is 80.0 Å². The van der Waals surface area contributed by atoms with E-state index in [4.69, 9.17) is 0 Å². The fraction of sp³-hybridized carbons (Fsp3) is 0.630. The van der Waals surface area contributed by atoms with Crippen molar-refractivity contribution in [1.82, 2.24) is 25.4 Å². The van der Waals surface area contributed by atoms with Gasteiger partial charge in [-0.15, -0.1) is 10.2 Å². The standard InChI is InChI=1S/C27H35N5O2/c33-25(28-17-24-31-30-23-4-2-1-3-9-32(23)24)22-7-5-18(6-8-22)16-29-26(34)27-13-19-10-20(14-27)12-21(11-19)15-27/h5-8,19-21H,1-4,9-17H2,(H,28,33)(H,29,34). The van der Waals surface area contributed by atoms with Crippen LogP contribution in [0.15, 0.2) is 24.3 Å². The molecule has 7 heteroatoms. The van der Waals surface area contributed by atoms with E-state index in [2.05, 4.69) is 25.4 Å². The summed E-state index contributed by atoms with van der Waals surface area (Å²) in [4.78, 5) is 25.9. The predicted octanol–water partition coefficient (Wildman–Crippen LogP) is 3.77. The lowest BCUT2D eigenvalue weighted by Crippen LogP contribution is -2.53. The van der Waals surface area contributed by atoms with Crippen molar-refractivity contribution in [3.05, 3.63) is 47.0 Å². The summed E-state index contributed by atoms with van der Waals surface area (Å²) >= 11 is 0. The van der Waals surface area contributed by atoms with Crippen LogP contribution >= 0.6 is 0 Å². The Morgan fingerprint density at radius 1 is 0.882 bits per heavy atom. The molecule has 2 amide bonds. The van der Waals surface area contributed by atoms with Crippen LogP contribution in [0.3, 0.4) is 0 Å². The molecule has 4 bridgehead atoms. The summed E-state index contributed by atoms with van der Waals surface area (Å²) in [6.45, 7) is 1.83. The van der Waals surface area contributed by atoms with Gasteiger partial charge in [0.05, 0.1) is 6.54 Å². The number of rotatable bonds is 6. The molecule has 0 saturated heterocycles. The number of amides is 2. The highest BCUT2D eigenvalue weighted by Crippen LogP contribution is 2.60. The van der Waals surface area contributed by atoms with E-state index in [9.17, 15) is 9.59 Å². The first kappa shape index (κ1) is 21.8. The molecule has 1 aliphatic heterocycles. The Morgan fingerprint density at radius 3 is 2.29 bits per heavy atom. The molecule has 4 aliphatic carbocycles. The third-order valence-electron chi connectivity index (χ3n) is 8.78. The molecule has 2 aromatic rings. The van der Waals surface area contributed by atoms with Gasteiger partial charge in [-0.25, -0.2) is 0 Å². The van der Waals surface area contributed by atoms with Crippen LogP contribution in [0.5, 0.6) is 0 Å². The summed E-state index contributed by atoms with van der Waals surface area (Å²) in [6.07, 6.45) is 11.7. The number of aryl methyl sites for hydroxylation is 1. The summed E-state index contributed by atoms with van der Waals surface area (Å²) in [7, 11) is 0. The molecule has 0 radical (unpaired) electrons. The van der Waals surface area contributed by atoms with Crippen LogP contribution < -0.4 is 10.6 Å². The Bertz CT molecular complexity index is 1040. The van der Waals surface area contributed by atoms with E-state index in [1.165, 1.54) is 25.7 Å². The number of fused-ring (bicyclic) bond motifs is 1. The van der Waals surface area contributed by atoms with E-state index in [1.807, 2.05) is 24.3 Å². The smallest absolute Gasteiger partial charge is 0.251 e. The normalized spacial score (nSPS) is 29.4. The van der Waals surface area contributed by atoms with Crippen LogP contribution in [0.4, 0.5) is 0 Å². The van der Waals surface area contributed by atoms with Crippen LogP contribution in [-0.2, 0) is 30.8 Å². The zero-order chi connectivity index (χ0) is 23.1. The van der Waals surface area contributed by atoms with Crippen LogP contribution in [0, 0.1) is 23.2 Å². The minimum Gasteiger partial charge on any atom is -0.352 e. The highest BCUT2D eigenvalue weighted by molar-refractivity contribution is 5.94. The predicted molar refractivity (Wildman–Crippen MR) is 128 cm³/mol. The summed E-state index contributed by atoms with van der Waals surface area (Å²) in [6, 6.07) is 7.56. The summed E-state index contributed by atoms with van der Waals surface area (Å²) < 4.78 is 2.16. The third-order valence-corrected chi connectivity index (χ3v) is 8.78. The van der Waals surface area contributed by atoms with Gasteiger partial charge in [-0.05, 0) is 86.8 Å². The molecule has 7 rings (SSSR count). The zero-order valence-electron chi connectivity index (χ0n) is 19.9. The highest BCUT2D eigenvalue weighted by atomic mass is 16.2. The zero-order valence-corrected chi connectivity index (χ0v) is 19.9. The van der Waals surface area contributed by atoms with Gasteiger partial charge < -0.3 is 15.2 Å². The minimum absolute atomic E-state index is 0.116. The molecular formula is C27H35N5O2. The van der Waals surface area contributed by atoms with Crippen molar-refractivity contribution in [3.63, 3.8) is 0 Å². The number of aromatic nitrogens is 3. The lowest BCUT2D eigenvalue weighted by Gasteiger charge is -2.55. The SMILES string of the molecule is O=C(NCc1nnc2n1CCCCC2)c1ccc(CNC(=O)C23CC4CC(CC(C4)C2)C3)cc1. The maximum atomic E-state index is 13.2. The van der Waals surface area contributed by atoms with Crippen molar-refractivity contribution in [3.8, 4) is 0 Å². The quantitative estimate of drug-likeness (QED) is 0.685. The average Bonchev–Trinajstić information content (AvgIpc) is 3.06. The second-order valence-corrected chi connectivity index (χ2v) is 11.3. The topological polar surface area (TPSA) is 88.9 Å². The first-order chi connectivity index (χ1) is 16.6. The lowest BCUT2D eigenvalue weighted by molar-refractivity contribution is -0.146. The fourth-order valence-corrected chi connectivity index (χ4v) is 7.47. The molecule has 0 atom stereocenters. The summed E-state index contributed by atoms with van der Waals surface area (Å²) in [5, 5.41) is 14.8. The molecule has 4 fully saturated rings. The van der Waals surface area contributed by atoms with Crippen LogP contribution in [0.1, 0.15) is 85.4 Å². The molecule has 0 unspecified atom stereocenters. The second kappa shape index (κ2) is 8.82. The highest BCUT2D eigenvalue weighted by Gasteiger charge is 2.54. The maximum absolute atomic E-state index is 13.2. The van der Waals surface area contributed by atoms with Crippen molar-refractivity contribution in [2.24, 2.45) is 23.2 Å². The molecule has 34 heavy (non-hydrogen) atoms. The molecule has 1 aromatic heterocycles. The molecule has 5 aliphatic rings. The van der Waals surface area contributed by atoms with E-state index < -0.39 is 0 Å². The van der Waals surface area contributed by atoms with Gasteiger partial charge in [-0.3, -0.25) is 9.59 Å². The summed E-state index contributed by atoms with van der Waals surface area (Å²) in [5.41, 5.74) is 1.53. The van der Waals surface area contributed by atoms with Gasteiger partial charge in [0.2, 0.25) is 5.91 Å². The number of carbonyl (C=O) groups is 2. The molecule has 4 saturated carbocycles. The van der Waals surface area contributed by atoms with Crippen molar-refractivity contribution in [2.45, 2.75) is 83.8 Å². The summed E-state index contributed by atoms with van der Waals surface area (Å²) in [5.74, 6) is 4.29. The minimum atomic E-state index is -0.117. The van der Waals surface area contributed by atoms with Gasteiger partial charge in [0, 0.05) is 30.5 Å². The molecule has 0 spiro atoms. The van der Waals surface area contributed by atoms with Crippen molar-refractivity contribution < 1.29 is 9.59 Å². The van der Waals surface area contributed by atoms with E-state index in [1.54, 1.807) is 0 Å². The van der Waals surface area contributed by atoms with Crippen molar-refractivity contribution in [1.29, 1.82) is 0 Å². The largest absolute Gasteiger partial charge is 0.352 e. The first-order valence-electron chi connectivity index (χ1n) is 13.1. The van der Waals surface area contributed by atoms with Crippen LogP contribution in [0.2, 0.25) is 0 Å². The maximum Gasteiger partial charge on any atom is 0.251 e. The Balaban J connectivity index is 1.02. The second-order valence-electron chi connectivity index (χ2n) is 11.3. The van der Waals surface area contributed by atoms with Gasteiger partial charge in [0.15, 0.2) is 5.82 Å². The molecule has 7 nitrogen and oxygen atoms in total. The van der Waals surface area contributed by atoms with E-state index in [-0.39, 0.29) is 17.2 Å². The molecule has 180 valence electrons. The molecular weight excluding hydrogens is 426 g/mol. The monoisotopic (exact) mass is 461 g/mol. The van der Waals surface area contributed by atoms with Crippen LogP contribution in [0.25, 0.3) is 0 Å². The van der Waals surface area contributed by atoms with Gasteiger partial charge in [-0.2, -0.15) is 0 Å². The van der Waals surface area contributed by atoms with E-state index >= 15 is 0 Å². The molecule has 2 heterocycles. The Hall–Kier alpha value is -2.70. The third kappa shape index (κ3) is 4.14. The Morgan fingerprint density at radius 2 is 1.59 bits per heavy atom. The molecule has 1 aromatic carbocycles. The Labute approximate surface area is 201 Å². The van der Waals surface area contributed by atoms with Crippen molar-refractivity contribution >= 4 is 11.8 Å². The first-order valence-corrected chi connectivity index (χ1v) is 13.1. The number of hydrogen-bond donors (Lipinski definition) is 2. The molecule has 2 N–H and O–H groups in total. The van der Waals surface area contributed by atoms with Gasteiger partial charge >= 0.3 is 0 Å². The number of nitrogens with zero attached hydrogens (tertiary/aromatic N) is 3. The number of benzene rings is 1. The number of carbonyl (C=O) groups excluding carboxylic acids is 2. The van der Waals surface area contributed by atoms with Crippen LogP contribution in [-0.4, -0.2) is 26.6 Å². The Kier molecular flexibility index (Phi) is 5.66. The average molecular weight is 462 g/mol.